The van der Waals surface area contributed by atoms with Crippen molar-refractivity contribution >= 4 is 33.0 Å². The monoisotopic (exact) mass is 235 g/mol. The number of thiophene rings is 1. The molecule has 0 saturated heterocycles. The quantitative estimate of drug-likeness (QED) is 0.636. The minimum atomic E-state index is -4.36. The first-order valence-corrected chi connectivity index (χ1v) is 4.85. The lowest BCUT2D eigenvalue weighted by atomic mass is 10.2. The molecule has 5 heteroatoms. The highest BCUT2D eigenvalue weighted by Gasteiger charge is 2.33. The molecule has 0 saturated carbocycles. The first-order chi connectivity index (χ1) is 6.48. The van der Waals surface area contributed by atoms with Gasteiger partial charge < -0.3 is 0 Å². The van der Waals surface area contributed by atoms with Crippen LogP contribution in [-0.2, 0) is 6.18 Å². The van der Waals surface area contributed by atoms with Crippen molar-refractivity contribution in [1.82, 2.24) is 0 Å². The Labute approximate surface area is 86.9 Å². The molecule has 0 aliphatic heterocycles. The number of hydrogen-bond acceptors (Lipinski definition) is 1. The standard InChI is InChI=1S/C9H3ClF3S/c10-5-1-2-8-6(3-5)7(4-14-8)9(11,12)13/h1-3H. The van der Waals surface area contributed by atoms with Crippen molar-refractivity contribution in [3.05, 3.63) is 34.2 Å². The summed E-state index contributed by atoms with van der Waals surface area (Å²) in [6, 6.07) is 4.44. The van der Waals surface area contributed by atoms with Gasteiger partial charge in [-0.15, -0.1) is 11.3 Å². The Morgan fingerprint density at radius 1 is 1.29 bits per heavy atom. The van der Waals surface area contributed by atoms with Crippen LogP contribution in [0.2, 0.25) is 5.02 Å². The minimum absolute atomic E-state index is 0.120. The van der Waals surface area contributed by atoms with Crippen LogP contribution in [0.3, 0.4) is 0 Å². The molecule has 1 heterocycles. The summed E-state index contributed by atoms with van der Waals surface area (Å²) in [7, 11) is 0. The van der Waals surface area contributed by atoms with Gasteiger partial charge in [0.2, 0.25) is 0 Å². The third-order valence-corrected chi connectivity index (χ3v) is 2.87. The van der Waals surface area contributed by atoms with E-state index in [0.29, 0.717) is 9.72 Å². The average molecular weight is 236 g/mol. The van der Waals surface area contributed by atoms with Gasteiger partial charge in [-0.25, -0.2) is 0 Å². The maximum atomic E-state index is 12.4. The van der Waals surface area contributed by atoms with Gasteiger partial charge in [-0.1, -0.05) is 11.6 Å². The fourth-order valence-corrected chi connectivity index (χ4v) is 2.17. The largest absolute Gasteiger partial charge is 0.418 e. The molecule has 73 valence electrons. The zero-order valence-corrected chi connectivity index (χ0v) is 8.22. The van der Waals surface area contributed by atoms with Crippen molar-refractivity contribution < 1.29 is 13.2 Å². The zero-order valence-electron chi connectivity index (χ0n) is 6.65. The van der Waals surface area contributed by atoms with Crippen molar-refractivity contribution in [2.75, 3.05) is 0 Å². The van der Waals surface area contributed by atoms with Crippen LogP contribution in [-0.4, -0.2) is 0 Å². The SMILES string of the molecule is FC(F)(F)c1[c]sc2ccc(Cl)cc12. The molecule has 0 amide bonds. The Morgan fingerprint density at radius 2 is 2.00 bits per heavy atom. The Morgan fingerprint density at radius 3 is 2.64 bits per heavy atom. The highest BCUT2D eigenvalue weighted by Crippen LogP contribution is 2.38. The molecule has 0 unspecified atom stereocenters. The minimum Gasteiger partial charge on any atom is -0.166 e. The van der Waals surface area contributed by atoms with Crippen LogP contribution in [0.1, 0.15) is 5.56 Å². The second-order valence-corrected chi connectivity index (χ2v) is 4.00. The third kappa shape index (κ3) is 1.60. The molecule has 1 aromatic heterocycles. The highest BCUT2D eigenvalue weighted by molar-refractivity contribution is 7.16. The van der Waals surface area contributed by atoms with Crippen molar-refractivity contribution in [3.8, 4) is 0 Å². The maximum Gasteiger partial charge on any atom is 0.418 e. The topological polar surface area (TPSA) is 0 Å². The molecule has 0 spiro atoms. The van der Waals surface area contributed by atoms with E-state index in [1.165, 1.54) is 6.07 Å². The molecule has 2 rings (SSSR count). The predicted octanol–water partition coefficient (Wildman–Crippen LogP) is 4.37. The molecular weight excluding hydrogens is 233 g/mol. The molecule has 0 fully saturated rings. The first kappa shape index (κ1) is 9.80. The van der Waals surface area contributed by atoms with Gasteiger partial charge in [-0.3, -0.25) is 0 Å². The highest BCUT2D eigenvalue weighted by atomic mass is 35.5. The van der Waals surface area contributed by atoms with E-state index < -0.39 is 11.7 Å². The van der Waals surface area contributed by atoms with E-state index in [2.05, 4.69) is 5.38 Å². The van der Waals surface area contributed by atoms with Crippen LogP contribution < -0.4 is 0 Å². The predicted molar refractivity (Wildman–Crippen MR) is 50.7 cm³/mol. The average Bonchev–Trinajstić information content (AvgIpc) is 2.45. The number of rotatable bonds is 0. The van der Waals surface area contributed by atoms with Crippen molar-refractivity contribution in [3.63, 3.8) is 0 Å². The number of alkyl halides is 3. The Kier molecular flexibility index (Phi) is 2.20. The second kappa shape index (κ2) is 3.14. The lowest BCUT2D eigenvalue weighted by Crippen LogP contribution is -2.03. The summed E-state index contributed by atoms with van der Waals surface area (Å²) in [6.07, 6.45) is -4.36. The van der Waals surface area contributed by atoms with E-state index >= 15 is 0 Å². The van der Waals surface area contributed by atoms with Crippen LogP contribution in [0.5, 0.6) is 0 Å². The van der Waals surface area contributed by atoms with Crippen molar-refractivity contribution in [2.24, 2.45) is 0 Å². The molecule has 0 aliphatic carbocycles. The summed E-state index contributed by atoms with van der Waals surface area (Å²) < 4.78 is 37.8. The van der Waals surface area contributed by atoms with Crippen LogP contribution in [0.4, 0.5) is 13.2 Å². The van der Waals surface area contributed by atoms with Gasteiger partial charge in [0.15, 0.2) is 0 Å². The number of fused-ring (bicyclic) bond motifs is 1. The van der Waals surface area contributed by atoms with Gasteiger partial charge in [0.25, 0.3) is 0 Å². The summed E-state index contributed by atoms with van der Waals surface area (Å²) in [5, 5.41) is 2.66. The van der Waals surface area contributed by atoms with Gasteiger partial charge in [0.1, 0.15) is 0 Å². The van der Waals surface area contributed by atoms with Gasteiger partial charge >= 0.3 is 6.18 Å². The summed E-state index contributed by atoms with van der Waals surface area (Å²) in [6.45, 7) is 0. The fraction of sp³-hybridized carbons (Fsp3) is 0.111. The molecule has 0 atom stereocenters. The Bertz CT molecular complexity index is 472. The number of hydrogen-bond donors (Lipinski definition) is 0. The lowest BCUT2D eigenvalue weighted by molar-refractivity contribution is -0.136. The molecule has 0 aliphatic rings. The van der Waals surface area contributed by atoms with Gasteiger partial charge in [0, 0.05) is 15.1 Å². The molecule has 0 N–H and O–H groups in total. The van der Waals surface area contributed by atoms with Gasteiger partial charge in [-0.2, -0.15) is 13.2 Å². The third-order valence-electron chi connectivity index (χ3n) is 1.76. The second-order valence-electron chi connectivity index (χ2n) is 2.72. The van der Waals surface area contributed by atoms with Crippen LogP contribution >= 0.6 is 22.9 Å². The van der Waals surface area contributed by atoms with Crippen LogP contribution in [0.15, 0.2) is 18.2 Å². The molecule has 1 aromatic carbocycles. The summed E-state index contributed by atoms with van der Waals surface area (Å²) in [4.78, 5) is 0. The van der Waals surface area contributed by atoms with Crippen molar-refractivity contribution in [1.29, 1.82) is 0 Å². The normalized spacial score (nSPS) is 12.3. The Balaban J connectivity index is 2.73. The summed E-state index contributed by atoms with van der Waals surface area (Å²) in [5.74, 6) is 0. The van der Waals surface area contributed by atoms with E-state index in [0.717, 1.165) is 11.3 Å². The van der Waals surface area contributed by atoms with E-state index in [1.54, 1.807) is 12.1 Å². The molecule has 0 bridgehead atoms. The summed E-state index contributed by atoms with van der Waals surface area (Å²) in [5.41, 5.74) is -0.736. The van der Waals surface area contributed by atoms with Gasteiger partial charge in [0.05, 0.1) is 10.9 Å². The smallest absolute Gasteiger partial charge is 0.166 e. The lowest BCUT2D eigenvalue weighted by Gasteiger charge is -2.03. The maximum absolute atomic E-state index is 12.4. The first-order valence-electron chi connectivity index (χ1n) is 3.65. The summed E-state index contributed by atoms with van der Waals surface area (Å²) >= 11 is 6.57. The Hall–Kier alpha value is -0.740. The van der Waals surface area contributed by atoms with E-state index in [9.17, 15) is 13.2 Å². The van der Waals surface area contributed by atoms with E-state index in [-0.39, 0.29) is 5.39 Å². The molecule has 1 radical (unpaired) electrons. The van der Waals surface area contributed by atoms with E-state index in [1.807, 2.05) is 0 Å². The number of benzene rings is 1. The molecular formula is C9H3ClF3S. The molecule has 0 nitrogen and oxygen atoms in total. The fourth-order valence-electron chi connectivity index (χ4n) is 1.16. The van der Waals surface area contributed by atoms with Crippen LogP contribution in [0, 0.1) is 5.38 Å². The molecule has 14 heavy (non-hydrogen) atoms. The van der Waals surface area contributed by atoms with Crippen LogP contribution in [0.25, 0.3) is 10.1 Å². The zero-order chi connectivity index (χ0) is 10.3. The van der Waals surface area contributed by atoms with Crippen molar-refractivity contribution in [2.45, 2.75) is 6.18 Å². The van der Waals surface area contributed by atoms with Gasteiger partial charge in [-0.05, 0) is 18.2 Å². The number of halogens is 4. The van der Waals surface area contributed by atoms with E-state index in [4.69, 9.17) is 11.6 Å². The molecule has 2 aromatic rings.